The van der Waals surface area contributed by atoms with Crippen molar-refractivity contribution >= 4 is 23.2 Å². The average Bonchev–Trinajstić information content (AvgIpc) is 2.28. The molecule has 0 saturated carbocycles. The van der Waals surface area contributed by atoms with Crippen LogP contribution in [0.2, 0.25) is 10.0 Å². The second kappa shape index (κ2) is 7.19. The first-order valence-corrected chi connectivity index (χ1v) is 6.83. The second-order valence-corrected chi connectivity index (χ2v) is 4.88. The van der Waals surface area contributed by atoms with Gasteiger partial charge in [-0.15, -0.1) is 0 Å². The molecule has 1 radical (unpaired) electrons. The molecule has 0 fully saturated rings. The molecular formula is C14H19Cl2. The molecule has 0 aliphatic rings. The summed E-state index contributed by atoms with van der Waals surface area (Å²) in [5.41, 5.74) is 2.28. The Balaban J connectivity index is 2.87. The van der Waals surface area contributed by atoms with Gasteiger partial charge < -0.3 is 0 Å². The molecule has 1 aromatic rings. The van der Waals surface area contributed by atoms with Crippen LogP contribution in [-0.2, 0) is 12.8 Å². The summed E-state index contributed by atoms with van der Waals surface area (Å²) in [5.74, 6) is 0. The molecule has 0 spiro atoms. The number of benzene rings is 1. The van der Waals surface area contributed by atoms with Crippen LogP contribution < -0.4 is 0 Å². The molecule has 2 heteroatoms. The molecule has 89 valence electrons. The Labute approximate surface area is 109 Å². The Morgan fingerprint density at radius 1 is 1.06 bits per heavy atom. The Morgan fingerprint density at radius 2 is 1.69 bits per heavy atom. The van der Waals surface area contributed by atoms with Crippen molar-refractivity contribution in [2.45, 2.75) is 52.4 Å². The molecule has 0 aliphatic carbocycles. The van der Waals surface area contributed by atoms with Crippen LogP contribution in [0.1, 0.15) is 50.7 Å². The van der Waals surface area contributed by atoms with Crippen LogP contribution in [0.25, 0.3) is 0 Å². The average molecular weight is 258 g/mol. The monoisotopic (exact) mass is 257 g/mol. The van der Waals surface area contributed by atoms with E-state index in [0.717, 1.165) is 36.3 Å². The van der Waals surface area contributed by atoms with E-state index < -0.39 is 0 Å². The van der Waals surface area contributed by atoms with E-state index >= 15 is 0 Å². The van der Waals surface area contributed by atoms with Gasteiger partial charge in [-0.25, -0.2) is 0 Å². The molecule has 0 unspecified atom stereocenters. The molecule has 0 N–H and O–H groups in total. The van der Waals surface area contributed by atoms with Crippen LogP contribution >= 0.6 is 23.2 Å². The van der Waals surface area contributed by atoms with Crippen LogP contribution in [0.4, 0.5) is 0 Å². The Kier molecular flexibility index (Phi) is 6.23. The van der Waals surface area contributed by atoms with E-state index in [-0.39, 0.29) is 0 Å². The standard InChI is InChI=1S/C14H19Cl2/c1-3-5-7-11-9-10-13(15)12(14(11)16)8-6-4-2/h9H,3-8H2,1-2H3. The zero-order chi connectivity index (χ0) is 12.0. The fourth-order valence-corrected chi connectivity index (χ4v) is 2.34. The van der Waals surface area contributed by atoms with Gasteiger partial charge in [-0.2, -0.15) is 0 Å². The van der Waals surface area contributed by atoms with Crippen molar-refractivity contribution in [2.75, 3.05) is 0 Å². The molecule has 1 rings (SSSR count). The van der Waals surface area contributed by atoms with Gasteiger partial charge in [0.1, 0.15) is 0 Å². The normalized spacial score (nSPS) is 10.8. The molecule has 0 bridgehead atoms. The summed E-state index contributed by atoms with van der Waals surface area (Å²) in [5, 5.41) is 1.56. The molecule has 0 aliphatic heterocycles. The molecule has 0 saturated heterocycles. The molecule has 16 heavy (non-hydrogen) atoms. The van der Waals surface area contributed by atoms with Crippen LogP contribution in [-0.4, -0.2) is 0 Å². The van der Waals surface area contributed by atoms with Crippen molar-refractivity contribution in [3.8, 4) is 0 Å². The zero-order valence-corrected chi connectivity index (χ0v) is 11.6. The molecule has 0 amide bonds. The van der Waals surface area contributed by atoms with Crippen LogP contribution in [0, 0.1) is 6.07 Å². The number of unbranched alkanes of at least 4 members (excludes halogenated alkanes) is 2. The summed E-state index contributed by atoms with van der Waals surface area (Å²) >= 11 is 12.5. The highest BCUT2D eigenvalue weighted by molar-refractivity contribution is 6.36. The van der Waals surface area contributed by atoms with Crippen molar-refractivity contribution < 1.29 is 0 Å². The van der Waals surface area contributed by atoms with E-state index in [4.69, 9.17) is 23.2 Å². The maximum Gasteiger partial charge on any atom is 0.0531 e. The van der Waals surface area contributed by atoms with Gasteiger partial charge in [0.2, 0.25) is 0 Å². The quantitative estimate of drug-likeness (QED) is 0.633. The maximum atomic E-state index is 6.38. The molecular weight excluding hydrogens is 239 g/mol. The minimum atomic E-state index is 0.693. The van der Waals surface area contributed by atoms with E-state index in [1.54, 1.807) is 0 Å². The predicted molar refractivity (Wildman–Crippen MR) is 72.5 cm³/mol. The fourth-order valence-electron chi connectivity index (χ4n) is 1.71. The van der Waals surface area contributed by atoms with Gasteiger partial charge in [-0.05, 0) is 42.9 Å². The number of aryl methyl sites for hydroxylation is 1. The van der Waals surface area contributed by atoms with Gasteiger partial charge in [-0.3, -0.25) is 0 Å². The minimum absolute atomic E-state index is 0.693. The van der Waals surface area contributed by atoms with Crippen molar-refractivity contribution in [1.82, 2.24) is 0 Å². The molecule has 0 aromatic heterocycles. The van der Waals surface area contributed by atoms with Crippen LogP contribution in [0.15, 0.2) is 6.07 Å². The topological polar surface area (TPSA) is 0 Å². The number of hydrogen-bond donors (Lipinski definition) is 0. The number of rotatable bonds is 6. The zero-order valence-electron chi connectivity index (χ0n) is 10.1. The van der Waals surface area contributed by atoms with Gasteiger partial charge in [0.15, 0.2) is 0 Å². The Bertz CT molecular complexity index is 332. The first-order chi connectivity index (χ1) is 7.70. The lowest BCUT2D eigenvalue weighted by Crippen LogP contribution is -1.94. The van der Waals surface area contributed by atoms with Gasteiger partial charge in [0.05, 0.1) is 5.02 Å². The number of halogens is 2. The highest BCUT2D eigenvalue weighted by Crippen LogP contribution is 2.30. The van der Waals surface area contributed by atoms with Crippen molar-refractivity contribution in [1.29, 1.82) is 0 Å². The van der Waals surface area contributed by atoms with E-state index in [0.29, 0.717) is 5.02 Å². The first kappa shape index (κ1) is 13.9. The maximum absolute atomic E-state index is 6.38. The summed E-state index contributed by atoms with van der Waals surface area (Å²) in [4.78, 5) is 0. The summed E-state index contributed by atoms with van der Waals surface area (Å²) < 4.78 is 0. The smallest absolute Gasteiger partial charge is 0.0531 e. The van der Waals surface area contributed by atoms with Crippen LogP contribution in [0.3, 0.4) is 0 Å². The lowest BCUT2D eigenvalue weighted by Gasteiger charge is -2.10. The van der Waals surface area contributed by atoms with Gasteiger partial charge in [0, 0.05) is 11.1 Å². The second-order valence-electron chi connectivity index (χ2n) is 4.13. The first-order valence-electron chi connectivity index (χ1n) is 6.08. The Morgan fingerprint density at radius 3 is 2.31 bits per heavy atom. The third-order valence-electron chi connectivity index (χ3n) is 2.76. The lowest BCUT2D eigenvalue weighted by atomic mass is 10.0. The summed E-state index contributed by atoms with van der Waals surface area (Å²) in [6, 6.07) is 5.05. The minimum Gasteiger partial charge on any atom is -0.0837 e. The summed E-state index contributed by atoms with van der Waals surface area (Å²) in [6.45, 7) is 4.36. The van der Waals surface area contributed by atoms with Gasteiger partial charge in [0.25, 0.3) is 0 Å². The van der Waals surface area contributed by atoms with Crippen molar-refractivity contribution in [3.05, 3.63) is 33.3 Å². The lowest BCUT2D eigenvalue weighted by molar-refractivity contribution is 0.780. The molecule has 0 atom stereocenters. The predicted octanol–water partition coefficient (Wildman–Crippen LogP) is 5.48. The highest BCUT2D eigenvalue weighted by atomic mass is 35.5. The summed E-state index contributed by atoms with van der Waals surface area (Å²) in [7, 11) is 0. The molecule has 1 aromatic carbocycles. The van der Waals surface area contributed by atoms with E-state index in [2.05, 4.69) is 19.9 Å². The van der Waals surface area contributed by atoms with E-state index in [1.165, 1.54) is 18.4 Å². The van der Waals surface area contributed by atoms with Crippen molar-refractivity contribution in [3.63, 3.8) is 0 Å². The van der Waals surface area contributed by atoms with E-state index in [1.807, 2.05) is 6.07 Å². The van der Waals surface area contributed by atoms with Gasteiger partial charge in [-0.1, -0.05) is 49.9 Å². The third kappa shape index (κ3) is 3.68. The fraction of sp³-hybridized carbons (Fsp3) is 0.571. The van der Waals surface area contributed by atoms with E-state index in [9.17, 15) is 0 Å². The third-order valence-corrected chi connectivity index (χ3v) is 3.57. The summed E-state index contributed by atoms with van der Waals surface area (Å²) in [6.07, 6.45) is 6.63. The molecule has 0 nitrogen and oxygen atoms in total. The van der Waals surface area contributed by atoms with Crippen molar-refractivity contribution in [2.24, 2.45) is 0 Å². The largest absolute Gasteiger partial charge is 0.0837 e. The Hall–Kier alpha value is -0.200. The number of hydrogen-bond acceptors (Lipinski definition) is 0. The van der Waals surface area contributed by atoms with Gasteiger partial charge >= 0.3 is 0 Å². The highest BCUT2D eigenvalue weighted by Gasteiger charge is 2.10. The SMILES string of the molecule is CCCCc1c[c]c(Cl)c(CCCC)c1Cl. The molecule has 0 heterocycles. The van der Waals surface area contributed by atoms with Crippen LogP contribution in [0.5, 0.6) is 0 Å².